The van der Waals surface area contributed by atoms with Gasteiger partial charge in [-0.05, 0) is 73.8 Å². The van der Waals surface area contributed by atoms with Crippen LogP contribution in [0, 0.1) is 28.6 Å². The van der Waals surface area contributed by atoms with Crippen molar-refractivity contribution in [2.45, 2.75) is 90.0 Å². The molecule has 1 saturated heterocycles. The molecule has 1 aromatic rings. The number of ketones is 2. The summed E-state index contributed by atoms with van der Waals surface area (Å²) >= 11 is 0. The zero-order chi connectivity index (χ0) is 31.4. The maximum absolute atomic E-state index is 14.3. The third kappa shape index (κ3) is 4.89. The van der Waals surface area contributed by atoms with Crippen LogP contribution in [0.3, 0.4) is 0 Å². The van der Waals surface area contributed by atoms with E-state index in [9.17, 15) is 19.5 Å². The Bertz CT molecular complexity index is 1370. The van der Waals surface area contributed by atoms with Crippen LogP contribution in [0.25, 0.3) is 0 Å². The van der Waals surface area contributed by atoms with Crippen molar-refractivity contribution in [2.24, 2.45) is 28.6 Å². The van der Waals surface area contributed by atoms with Crippen LogP contribution in [0.2, 0.25) is 0 Å². The Morgan fingerprint density at radius 1 is 1.16 bits per heavy atom. The number of allylic oxidation sites excluding steroid dienone is 4. The molecule has 0 aromatic heterocycles. The lowest BCUT2D eigenvalue weighted by Gasteiger charge is -2.59. The van der Waals surface area contributed by atoms with Gasteiger partial charge in [-0.15, -0.1) is 0 Å². The van der Waals surface area contributed by atoms with Gasteiger partial charge in [-0.25, -0.2) is 9.63 Å². The van der Waals surface area contributed by atoms with E-state index in [0.29, 0.717) is 24.8 Å². The molecule has 4 fully saturated rings. The molecule has 0 spiro atoms. The first-order valence-corrected chi connectivity index (χ1v) is 15.5. The Morgan fingerprint density at radius 2 is 1.91 bits per heavy atom. The van der Waals surface area contributed by atoms with E-state index < -0.39 is 52.9 Å². The molecular weight excluding hydrogens is 570 g/mol. The predicted molar refractivity (Wildman–Crippen MR) is 153 cm³/mol. The Hall–Kier alpha value is -2.77. The van der Waals surface area contributed by atoms with Crippen molar-refractivity contribution in [1.82, 2.24) is 5.39 Å². The highest BCUT2D eigenvalue weighted by atomic mass is 17.1. The average molecular weight is 612 g/mol. The summed E-state index contributed by atoms with van der Waals surface area (Å²) in [5, 5.41) is 28.9. The van der Waals surface area contributed by atoms with E-state index in [-0.39, 0.29) is 41.5 Å². The zero-order valence-corrected chi connectivity index (χ0v) is 25.3. The molecule has 3 N–H and O–H groups in total. The molecule has 0 amide bonds. The number of aliphatic hydroxyl groups is 1. The average Bonchev–Trinajstić information content (AvgIpc) is 3.47. The van der Waals surface area contributed by atoms with E-state index in [4.69, 9.17) is 24.6 Å². The van der Waals surface area contributed by atoms with Crippen LogP contribution < -0.4 is 0 Å². The normalized spacial score (nSPS) is 38.9. The van der Waals surface area contributed by atoms with Crippen molar-refractivity contribution in [3.63, 3.8) is 0 Å². The first-order valence-electron chi connectivity index (χ1n) is 15.5. The van der Waals surface area contributed by atoms with Gasteiger partial charge in [0.1, 0.15) is 0 Å². The van der Waals surface area contributed by atoms with Crippen LogP contribution in [0.4, 0.5) is 0 Å². The third-order valence-electron chi connectivity index (χ3n) is 11.1. The molecule has 4 aliphatic carbocycles. The van der Waals surface area contributed by atoms with Crippen LogP contribution in [0.15, 0.2) is 48.1 Å². The van der Waals surface area contributed by atoms with E-state index in [0.717, 1.165) is 24.8 Å². The molecule has 4 unspecified atom stereocenters. The molecule has 9 atom stereocenters. The van der Waals surface area contributed by atoms with Crippen LogP contribution >= 0.6 is 0 Å². The first-order chi connectivity index (χ1) is 20.9. The summed E-state index contributed by atoms with van der Waals surface area (Å²) in [7, 11) is 0. The van der Waals surface area contributed by atoms with Gasteiger partial charge >= 0.3 is 5.97 Å². The predicted octanol–water partition coefficient (Wildman–Crippen LogP) is 4.09. The second-order valence-corrected chi connectivity index (χ2v) is 13.4. The molecule has 11 nitrogen and oxygen atoms in total. The maximum Gasteiger partial charge on any atom is 0.338 e. The zero-order valence-electron chi connectivity index (χ0n) is 25.3. The minimum atomic E-state index is -1.37. The summed E-state index contributed by atoms with van der Waals surface area (Å²) in [5.74, 6) is -1.07. The van der Waals surface area contributed by atoms with Gasteiger partial charge in [0, 0.05) is 16.7 Å². The first kappa shape index (κ1) is 31.2. The Kier molecular flexibility index (Phi) is 8.19. The fraction of sp³-hybridized carbons (Fsp3) is 0.606. The van der Waals surface area contributed by atoms with E-state index in [1.165, 1.54) is 12.1 Å². The van der Waals surface area contributed by atoms with Crippen molar-refractivity contribution in [3.05, 3.63) is 59.2 Å². The fourth-order valence-corrected chi connectivity index (χ4v) is 9.20. The summed E-state index contributed by atoms with van der Waals surface area (Å²) in [6, 6.07) is 6.15. The number of aliphatic hydroxyl groups excluding tert-OH is 1. The van der Waals surface area contributed by atoms with Gasteiger partial charge in [0.25, 0.3) is 0 Å². The number of nitrogens with zero attached hydrogens (tertiary/aromatic N) is 1. The number of hydrogen-bond acceptors (Lipinski definition) is 11. The van der Waals surface area contributed by atoms with Crippen molar-refractivity contribution in [2.75, 3.05) is 6.61 Å². The Balaban J connectivity index is 1.24. The van der Waals surface area contributed by atoms with Gasteiger partial charge in [-0.2, -0.15) is 0 Å². The summed E-state index contributed by atoms with van der Waals surface area (Å²) in [6.45, 7) is 5.53. The second-order valence-electron chi connectivity index (χ2n) is 13.4. The highest BCUT2D eigenvalue weighted by molar-refractivity contribution is 6.01. The van der Waals surface area contributed by atoms with Crippen LogP contribution in [-0.4, -0.2) is 69.2 Å². The number of carbonyl (C=O) groups excluding carboxylic acids is 3. The number of esters is 1. The molecule has 0 bridgehead atoms. The standard InChI is InChI=1S/C33H41NO10/c1-4-5-28-43-27-15-24-23-11-10-21-14-22(35)12-13-31(21,2)29(23)25(36)16-32(24,3)33(27,44-28)26(37)18-41-30(38)20-8-6-19(7-9-20)17-42-34(39)40/h6-9,12-14,23-25,27-29,36,39-40H,4-5,10-11,15-18H2,1-3H3/t23?,24?,25-,27+,28?,29?,31-,32-,33+/m0/s1. The summed E-state index contributed by atoms with van der Waals surface area (Å²) in [4.78, 5) is 44.0. The van der Waals surface area contributed by atoms with E-state index in [1.54, 1.807) is 24.3 Å². The number of ether oxygens (including phenoxy) is 3. The molecule has 11 heteroatoms. The van der Waals surface area contributed by atoms with E-state index >= 15 is 0 Å². The summed E-state index contributed by atoms with van der Waals surface area (Å²) < 4.78 is 18.6. The largest absolute Gasteiger partial charge is 0.454 e. The van der Waals surface area contributed by atoms with Gasteiger partial charge in [0.05, 0.1) is 29.8 Å². The highest BCUT2D eigenvalue weighted by Gasteiger charge is 2.75. The van der Waals surface area contributed by atoms with E-state index in [1.807, 2.05) is 19.9 Å². The highest BCUT2D eigenvalue weighted by Crippen LogP contribution is 2.69. The van der Waals surface area contributed by atoms with Crippen molar-refractivity contribution in [3.8, 4) is 0 Å². The lowest BCUT2D eigenvalue weighted by atomic mass is 9.46. The molecular formula is C33H41NO10. The lowest BCUT2D eigenvalue weighted by molar-refractivity contribution is -0.497. The monoisotopic (exact) mass is 611 g/mol. The SMILES string of the molecule is CCCC1O[C@@H]2CC3C4CCC5=CC(=O)C=C[C@]5(C)C4[C@@H](O)C[C@]3(C)[C@]2(C(=O)COC(=O)c2ccc(CON(O)O)cc2)O1. The molecule has 44 heavy (non-hydrogen) atoms. The smallest absolute Gasteiger partial charge is 0.338 e. The summed E-state index contributed by atoms with van der Waals surface area (Å²) in [5.41, 5.74) is -0.709. The molecule has 5 aliphatic rings. The minimum Gasteiger partial charge on any atom is -0.454 e. The molecule has 3 saturated carbocycles. The number of rotatable bonds is 9. The maximum atomic E-state index is 14.3. The number of carbonyl (C=O) groups is 3. The Labute approximate surface area is 256 Å². The lowest BCUT2D eigenvalue weighted by Crippen LogP contribution is -2.63. The molecule has 238 valence electrons. The van der Waals surface area contributed by atoms with Gasteiger partial charge < -0.3 is 19.3 Å². The van der Waals surface area contributed by atoms with Gasteiger partial charge in [-0.1, -0.05) is 51.0 Å². The molecule has 1 heterocycles. The third-order valence-corrected chi connectivity index (χ3v) is 11.1. The van der Waals surface area contributed by atoms with Crippen molar-refractivity contribution in [1.29, 1.82) is 0 Å². The van der Waals surface area contributed by atoms with Gasteiger partial charge in [0.15, 0.2) is 24.3 Å². The van der Waals surface area contributed by atoms with Crippen LogP contribution in [0.5, 0.6) is 0 Å². The molecule has 1 aromatic carbocycles. The second kappa shape index (κ2) is 11.5. The summed E-state index contributed by atoms with van der Waals surface area (Å²) in [6.07, 6.45) is 7.35. The Morgan fingerprint density at radius 3 is 2.61 bits per heavy atom. The number of benzene rings is 1. The number of Topliss-reactive ketones (excluding diaryl/α,β-unsaturated/α-hetero) is 1. The van der Waals surface area contributed by atoms with Crippen LogP contribution in [0.1, 0.15) is 75.2 Å². The molecule has 0 radical (unpaired) electrons. The molecule has 6 rings (SSSR count). The minimum absolute atomic E-state index is 0.0194. The number of hydrogen-bond donors (Lipinski definition) is 3. The van der Waals surface area contributed by atoms with Crippen molar-refractivity contribution < 1.29 is 49.0 Å². The van der Waals surface area contributed by atoms with Gasteiger partial charge in [0.2, 0.25) is 5.78 Å². The van der Waals surface area contributed by atoms with Gasteiger partial charge in [-0.3, -0.25) is 20.0 Å². The fourth-order valence-electron chi connectivity index (χ4n) is 9.20. The van der Waals surface area contributed by atoms with E-state index in [2.05, 4.69) is 11.8 Å². The van der Waals surface area contributed by atoms with Crippen LogP contribution in [-0.2, 0) is 35.2 Å². The molecule has 1 aliphatic heterocycles. The van der Waals surface area contributed by atoms with Crippen molar-refractivity contribution >= 4 is 17.5 Å². The number of fused-ring (bicyclic) bond motifs is 7. The topological polar surface area (TPSA) is 152 Å². The quantitative estimate of drug-likeness (QED) is 0.273.